The molecular weight excluding hydrogens is 448 g/mol. The molecule has 2 amide bonds. The Labute approximate surface area is 190 Å². The summed E-state index contributed by atoms with van der Waals surface area (Å²) in [5.74, 6) is -1.50. The van der Waals surface area contributed by atoms with Gasteiger partial charge in [-0.15, -0.1) is 10.2 Å². The zero-order valence-corrected chi connectivity index (χ0v) is 19.2. The fraction of sp³-hybridized carbons (Fsp3) is 0.273. The number of hydrogen-bond donors (Lipinski definition) is 1. The van der Waals surface area contributed by atoms with Crippen LogP contribution in [-0.4, -0.2) is 42.7 Å². The lowest BCUT2D eigenvalue weighted by Crippen LogP contribution is -2.24. The molecule has 1 fully saturated rings. The number of amides is 2. The van der Waals surface area contributed by atoms with Crippen molar-refractivity contribution in [3.05, 3.63) is 64.7 Å². The zero-order chi connectivity index (χ0) is 22.9. The molecule has 2 heterocycles. The number of hydrogen-bond acceptors (Lipinski definition) is 7. The maximum Gasteiger partial charge on any atom is 0.241 e. The van der Waals surface area contributed by atoms with Crippen molar-refractivity contribution in [2.24, 2.45) is 0 Å². The molecule has 1 aliphatic heterocycles. The van der Waals surface area contributed by atoms with Crippen LogP contribution in [-0.2, 0) is 19.4 Å². The van der Waals surface area contributed by atoms with Crippen LogP contribution in [0.4, 0.5) is 10.8 Å². The number of aromatic nitrogens is 2. The number of benzene rings is 2. The van der Waals surface area contributed by atoms with Crippen LogP contribution >= 0.6 is 11.3 Å². The van der Waals surface area contributed by atoms with Gasteiger partial charge < -0.3 is 4.90 Å². The van der Waals surface area contributed by atoms with Gasteiger partial charge in [-0.25, -0.2) is 8.42 Å². The highest BCUT2D eigenvalue weighted by atomic mass is 32.2. The van der Waals surface area contributed by atoms with Crippen molar-refractivity contribution in [1.82, 2.24) is 10.2 Å². The van der Waals surface area contributed by atoms with Gasteiger partial charge in [-0.2, -0.15) is 0 Å². The first-order chi connectivity index (χ1) is 15.2. The van der Waals surface area contributed by atoms with Gasteiger partial charge in [-0.3, -0.25) is 14.9 Å². The van der Waals surface area contributed by atoms with Gasteiger partial charge in [-0.1, -0.05) is 35.6 Å². The summed E-state index contributed by atoms with van der Waals surface area (Å²) in [5, 5.41) is 11.4. The zero-order valence-electron chi connectivity index (χ0n) is 17.6. The van der Waals surface area contributed by atoms with E-state index in [2.05, 4.69) is 15.5 Å². The molecule has 1 aliphatic rings. The highest BCUT2D eigenvalue weighted by Crippen LogP contribution is 2.34. The third kappa shape index (κ3) is 4.71. The second-order valence-corrected chi connectivity index (χ2v) is 10.7. The average molecular weight is 471 g/mol. The van der Waals surface area contributed by atoms with Gasteiger partial charge in [0.15, 0.2) is 9.84 Å². The van der Waals surface area contributed by atoms with Crippen LogP contribution in [0, 0.1) is 13.8 Å². The van der Waals surface area contributed by atoms with E-state index in [1.54, 1.807) is 23.1 Å². The smallest absolute Gasteiger partial charge is 0.241 e. The summed E-state index contributed by atoms with van der Waals surface area (Å²) >= 11 is 1.16. The molecule has 0 spiro atoms. The molecule has 0 aliphatic carbocycles. The number of sulfone groups is 1. The van der Waals surface area contributed by atoms with Crippen molar-refractivity contribution in [1.29, 1.82) is 0 Å². The van der Waals surface area contributed by atoms with Crippen LogP contribution in [0.3, 0.4) is 0 Å². The van der Waals surface area contributed by atoms with Crippen LogP contribution in [0.1, 0.15) is 28.5 Å². The molecule has 1 N–H and O–H groups in total. The van der Waals surface area contributed by atoms with Gasteiger partial charge in [0.25, 0.3) is 0 Å². The largest absolute Gasteiger partial charge is 0.312 e. The van der Waals surface area contributed by atoms with Crippen molar-refractivity contribution in [3.63, 3.8) is 0 Å². The Balaban J connectivity index is 1.41. The van der Waals surface area contributed by atoms with Gasteiger partial charge in [0.05, 0.1) is 4.90 Å². The van der Waals surface area contributed by atoms with Crippen LogP contribution in [0.25, 0.3) is 0 Å². The Morgan fingerprint density at radius 2 is 1.88 bits per heavy atom. The van der Waals surface area contributed by atoms with E-state index in [1.807, 2.05) is 32.0 Å². The van der Waals surface area contributed by atoms with E-state index in [0.29, 0.717) is 18.0 Å². The van der Waals surface area contributed by atoms with Crippen molar-refractivity contribution < 1.29 is 18.0 Å². The Morgan fingerprint density at radius 3 is 2.59 bits per heavy atom. The summed E-state index contributed by atoms with van der Waals surface area (Å²) in [6.45, 7) is 4.51. The molecule has 0 bridgehead atoms. The first-order valence-corrected chi connectivity index (χ1v) is 12.5. The Morgan fingerprint density at radius 1 is 1.12 bits per heavy atom. The summed E-state index contributed by atoms with van der Waals surface area (Å²) in [4.78, 5) is 26.7. The van der Waals surface area contributed by atoms with E-state index in [9.17, 15) is 18.0 Å². The predicted molar refractivity (Wildman–Crippen MR) is 123 cm³/mol. The highest BCUT2D eigenvalue weighted by Gasteiger charge is 2.34. The van der Waals surface area contributed by atoms with E-state index in [0.717, 1.165) is 28.2 Å². The number of carbonyl (C=O) groups is 2. The molecule has 8 nitrogen and oxygen atoms in total. The van der Waals surface area contributed by atoms with Crippen molar-refractivity contribution in [2.75, 3.05) is 22.5 Å². The lowest BCUT2D eigenvalue weighted by atomic mass is 10.1. The molecule has 1 unspecified atom stereocenters. The minimum Gasteiger partial charge on any atom is -0.312 e. The lowest BCUT2D eigenvalue weighted by Gasteiger charge is -2.17. The fourth-order valence-electron chi connectivity index (χ4n) is 3.51. The SMILES string of the molecule is Cc1ccc(N2CC(c3nnc(NC(=O)CS(=O)(=O)c4ccccc4)s3)CC2=O)cc1C. The number of nitrogens with one attached hydrogen (secondary N) is 1. The van der Waals surface area contributed by atoms with E-state index in [4.69, 9.17) is 0 Å². The topological polar surface area (TPSA) is 109 Å². The second-order valence-electron chi connectivity index (χ2n) is 7.74. The van der Waals surface area contributed by atoms with Crippen molar-refractivity contribution in [2.45, 2.75) is 31.1 Å². The van der Waals surface area contributed by atoms with E-state index in [-0.39, 0.29) is 21.9 Å². The molecule has 0 radical (unpaired) electrons. The van der Waals surface area contributed by atoms with E-state index in [1.165, 1.54) is 12.1 Å². The molecule has 3 aromatic rings. The Hall–Kier alpha value is -3.11. The van der Waals surface area contributed by atoms with Gasteiger partial charge in [0.1, 0.15) is 10.8 Å². The molecule has 1 aromatic heterocycles. The van der Waals surface area contributed by atoms with Gasteiger partial charge in [0.2, 0.25) is 16.9 Å². The maximum absolute atomic E-state index is 12.6. The molecule has 1 atom stereocenters. The third-order valence-electron chi connectivity index (χ3n) is 5.39. The highest BCUT2D eigenvalue weighted by molar-refractivity contribution is 7.92. The Kier molecular flexibility index (Phi) is 6.07. The van der Waals surface area contributed by atoms with Crippen LogP contribution in [0.5, 0.6) is 0 Å². The average Bonchev–Trinajstić information content (AvgIpc) is 3.37. The number of rotatable bonds is 6. The molecule has 10 heteroatoms. The predicted octanol–water partition coefficient (Wildman–Crippen LogP) is 3.09. The standard InChI is InChI=1S/C22H22N4O4S2/c1-14-8-9-17(10-15(14)2)26-12-16(11-20(26)28)21-24-25-22(31-21)23-19(27)13-32(29,30)18-6-4-3-5-7-18/h3-10,16H,11-13H2,1-2H3,(H,23,25,27). The number of aryl methyl sites for hydroxylation is 2. The number of nitrogens with zero attached hydrogens (tertiary/aromatic N) is 3. The molecular formula is C22H22N4O4S2. The number of carbonyl (C=O) groups excluding carboxylic acids is 2. The van der Waals surface area contributed by atoms with Crippen LogP contribution < -0.4 is 10.2 Å². The number of anilines is 2. The molecule has 0 saturated carbocycles. The summed E-state index contributed by atoms with van der Waals surface area (Å²) in [7, 11) is -3.75. The minimum absolute atomic E-state index is 0.00740. The monoisotopic (exact) mass is 470 g/mol. The first kappa shape index (κ1) is 22.1. The lowest BCUT2D eigenvalue weighted by molar-refractivity contribution is -0.117. The molecule has 166 valence electrons. The second kappa shape index (κ2) is 8.79. The maximum atomic E-state index is 12.6. The Bertz CT molecular complexity index is 1270. The molecule has 1 saturated heterocycles. The van der Waals surface area contributed by atoms with Crippen molar-refractivity contribution >= 4 is 43.8 Å². The van der Waals surface area contributed by atoms with Gasteiger partial charge in [-0.05, 0) is 49.2 Å². The summed E-state index contributed by atoms with van der Waals surface area (Å²) < 4.78 is 24.7. The van der Waals surface area contributed by atoms with Crippen LogP contribution in [0.2, 0.25) is 0 Å². The quantitative estimate of drug-likeness (QED) is 0.593. The van der Waals surface area contributed by atoms with E-state index >= 15 is 0 Å². The summed E-state index contributed by atoms with van der Waals surface area (Å²) in [6.07, 6.45) is 0.303. The summed E-state index contributed by atoms with van der Waals surface area (Å²) in [5.41, 5.74) is 3.13. The third-order valence-corrected chi connectivity index (χ3v) is 8.02. The minimum atomic E-state index is -3.75. The summed E-state index contributed by atoms with van der Waals surface area (Å²) in [6, 6.07) is 13.7. The first-order valence-electron chi connectivity index (χ1n) is 10.0. The fourth-order valence-corrected chi connectivity index (χ4v) is 5.51. The molecule has 2 aromatic carbocycles. The van der Waals surface area contributed by atoms with E-state index < -0.39 is 21.5 Å². The van der Waals surface area contributed by atoms with Gasteiger partial charge >= 0.3 is 0 Å². The van der Waals surface area contributed by atoms with Gasteiger partial charge in [0, 0.05) is 24.6 Å². The molecule has 4 rings (SSSR count). The van der Waals surface area contributed by atoms with Crippen LogP contribution in [0.15, 0.2) is 53.4 Å². The normalized spacial score (nSPS) is 16.4. The molecule has 32 heavy (non-hydrogen) atoms. The van der Waals surface area contributed by atoms with Crippen molar-refractivity contribution in [3.8, 4) is 0 Å².